The van der Waals surface area contributed by atoms with E-state index in [4.69, 9.17) is 4.98 Å². The first-order chi connectivity index (χ1) is 13.2. The van der Waals surface area contributed by atoms with Crippen LogP contribution in [0, 0.1) is 0 Å². The summed E-state index contributed by atoms with van der Waals surface area (Å²) in [6.45, 7) is 2.72. The Balaban J connectivity index is 1.57. The normalized spacial score (nSPS) is 13.2. The number of hydrogen-bond donors (Lipinski definition) is 1. The minimum Gasteiger partial charge on any atom is -0.298 e. The van der Waals surface area contributed by atoms with Crippen LogP contribution in [0.4, 0.5) is 5.13 Å². The zero-order valence-corrected chi connectivity index (χ0v) is 16.4. The van der Waals surface area contributed by atoms with E-state index in [9.17, 15) is 4.79 Å². The third-order valence-electron chi connectivity index (χ3n) is 4.74. The van der Waals surface area contributed by atoms with E-state index in [1.807, 2.05) is 35.2 Å². The molecule has 6 nitrogen and oxygen atoms in total. The van der Waals surface area contributed by atoms with Crippen LogP contribution in [0.25, 0.3) is 21.6 Å². The summed E-state index contributed by atoms with van der Waals surface area (Å²) in [4.78, 5) is 24.7. The van der Waals surface area contributed by atoms with E-state index in [1.165, 1.54) is 4.88 Å². The summed E-state index contributed by atoms with van der Waals surface area (Å²) in [5.41, 5.74) is 3.24. The molecular formula is C19H17N5OS2. The van der Waals surface area contributed by atoms with Crippen molar-refractivity contribution in [1.82, 2.24) is 19.7 Å². The highest BCUT2D eigenvalue weighted by atomic mass is 32.1. The number of pyridine rings is 1. The van der Waals surface area contributed by atoms with Gasteiger partial charge in [-0.1, -0.05) is 6.07 Å². The topological polar surface area (TPSA) is 72.7 Å². The molecule has 8 heteroatoms. The molecule has 27 heavy (non-hydrogen) atoms. The molecule has 0 unspecified atom stereocenters. The number of anilines is 1. The van der Waals surface area contributed by atoms with Crippen LogP contribution in [0.1, 0.15) is 34.3 Å². The predicted molar refractivity (Wildman–Crippen MR) is 109 cm³/mol. The van der Waals surface area contributed by atoms with E-state index in [-0.39, 0.29) is 5.91 Å². The van der Waals surface area contributed by atoms with Crippen molar-refractivity contribution < 1.29 is 4.79 Å². The molecule has 4 aromatic rings. The highest BCUT2D eigenvalue weighted by molar-refractivity contribution is 7.16. The predicted octanol–water partition coefficient (Wildman–Crippen LogP) is 4.38. The molecule has 0 atom stereocenters. The maximum Gasteiger partial charge on any atom is 0.258 e. The van der Waals surface area contributed by atoms with Crippen LogP contribution in [0.5, 0.6) is 0 Å². The Morgan fingerprint density at radius 2 is 2.26 bits per heavy atom. The SMILES string of the molecule is CCn1ncc2c(C(=O)Nc3nc4c(s3)CCC4)cc(-c3cccs3)nc21. The van der Waals surface area contributed by atoms with E-state index >= 15 is 0 Å². The number of aromatic nitrogens is 4. The fourth-order valence-electron chi connectivity index (χ4n) is 3.43. The lowest BCUT2D eigenvalue weighted by Crippen LogP contribution is -2.13. The minimum absolute atomic E-state index is 0.164. The second kappa shape index (κ2) is 6.54. The molecule has 4 heterocycles. The Morgan fingerprint density at radius 1 is 1.33 bits per heavy atom. The van der Waals surface area contributed by atoms with Gasteiger partial charge in [0, 0.05) is 11.4 Å². The lowest BCUT2D eigenvalue weighted by Gasteiger charge is -2.07. The summed E-state index contributed by atoms with van der Waals surface area (Å²) in [7, 11) is 0. The van der Waals surface area contributed by atoms with Crippen LogP contribution in [-0.2, 0) is 19.4 Å². The van der Waals surface area contributed by atoms with Crippen molar-refractivity contribution in [2.75, 3.05) is 5.32 Å². The number of nitrogens with zero attached hydrogens (tertiary/aromatic N) is 4. The van der Waals surface area contributed by atoms with Gasteiger partial charge in [0.1, 0.15) is 0 Å². The van der Waals surface area contributed by atoms with E-state index < -0.39 is 0 Å². The molecule has 0 spiro atoms. The number of fused-ring (bicyclic) bond motifs is 2. The van der Waals surface area contributed by atoms with Gasteiger partial charge in [0.2, 0.25) is 0 Å². The number of carbonyl (C=O) groups is 1. The molecular weight excluding hydrogens is 378 g/mol. The van der Waals surface area contributed by atoms with Gasteiger partial charge in [0.05, 0.1) is 33.4 Å². The van der Waals surface area contributed by atoms with Crippen molar-refractivity contribution in [2.24, 2.45) is 0 Å². The third-order valence-corrected chi connectivity index (χ3v) is 6.71. The van der Waals surface area contributed by atoms with Crippen LogP contribution in [-0.4, -0.2) is 25.7 Å². The van der Waals surface area contributed by atoms with Crippen molar-refractivity contribution in [3.63, 3.8) is 0 Å². The van der Waals surface area contributed by atoms with Gasteiger partial charge in [0.15, 0.2) is 10.8 Å². The smallest absolute Gasteiger partial charge is 0.258 e. The van der Waals surface area contributed by atoms with Gasteiger partial charge in [-0.15, -0.1) is 22.7 Å². The zero-order valence-electron chi connectivity index (χ0n) is 14.7. The highest BCUT2D eigenvalue weighted by Crippen LogP contribution is 2.32. The first-order valence-electron chi connectivity index (χ1n) is 8.93. The first-order valence-corrected chi connectivity index (χ1v) is 10.6. The Morgan fingerprint density at radius 3 is 3.04 bits per heavy atom. The maximum atomic E-state index is 13.1. The Hall–Kier alpha value is -2.58. The molecule has 0 saturated carbocycles. The van der Waals surface area contributed by atoms with Gasteiger partial charge >= 0.3 is 0 Å². The number of nitrogens with one attached hydrogen (secondary N) is 1. The second-order valence-corrected chi connectivity index (χ2v) is 8.46. The number of carbonyl (C=O) groups excluding carboxylic acids is 1. The summed E-state index contributed by atoms with van der Waals surface area (Å²) in [6, 6.07) is 5.85. The minimum atomic E-state index is -0.164. The fourth-order valence-corrected chi connectivity index (χ4v) is 5.16. The molecule has 1 amide bonds. The van der Waals surface area contributed by atoms with Crippen LogP contribution >= 0.6 is 22.7 Å². The summed E-state index contributed by atoms with van der Waals surface area (Å²) in [5.74, 6) is -0.164. The Kier molecular flexibility index (Phi) is 4.02. The number of hydrogen-bond acceptors (Lipinski definition) is 6. The third kappa shape index (κ3) is 2.85. The van der Waals surface area contributed by atoms with E-state index in [0.717, 1.165) is 46.6 Å². The number of thiophene rings is 1. The van der Waals surface area contributed by atoms with Crippen LogP contribution in [0.3, 0.4) is 0 Å². The molecule has 1 aliphatic carbocycles. The van der Waals surface area contributed by atoms with Crippen molar-refractivity contribution in [2.45, 2.75) is 32.7 Å². The van der Waals surface area contributed by atoms with Gasteiger partial charge in [-0.2, -0.15) is 5.10 Å². The van der Waals surface area contributed by atoms with Gasteiger partial charge < -0.3 is 0 Å². The molecule has 0 aromatic carbocycles. The Labute approximate surface area is 163 Å². The standard InChI is InChI=1S/C19H17N5OS2/c1-2-24-17-12(10-20-24)11(9-14(21-17)15-7-4-8-26-15)18(25)23-19-22-13-5-3-6-16(13)27-19/h4,7-10H,2-3,5-6H2,1H3,(H,22,23,25). The van der Waals surface area contributed by atoms with Gasteiger partial charge in [-0.05, 0) is 43.7 Å². The highest BCUT2D eigenvalue weighted by Gasteiger charge is 2.21. The lowest BCUT2D eigenvalue weighted by molar-refractivity contribution is 0.102. The number of amides is 1. The molecule has 1 N–H and O–H groups in total. The molecule has 1 aliphatic rings. The first kappa shape index (κ1) is 16.6. The van der Waals surface area contributed by atoms with Gasteiger partial charge in [0.25, 0.3) is 5.91 Å². The molecule has 0 aliphatic heterocycles. The summed E-state index contributed by atoms with van der Waals surface area (Å²) < 4.78 is 1.82. The number of rotatable bonds is 4. The molecule has 0 saturated heterocycles. The average molecular weight is 396 g/mol. The van der Waals surface area contributed by atoms with E-state index in [2.05, 4.69) is 15.4 Å². The van der Waals surface area contributed by atoms with Crippen molar-refractivity contribution in [1.29, 1.82) is 0 Å². The summed E-state index contributed by atoms with van der Waals surface area (Å²) in [6.07, 6.45) is 4.95. The molecule has 136 valence electrons. The van der Waals surface area contributed by atoms with Crippen LogP contribution in [0.15, 0.2) is 29.8 Å². The molecule has 0 bridgehead atoms. The second-order valence-electron chi connectivity index (χ2n) is 6.43. The monoisotopic (exact) mass is 395 g/mol. The largest absolute Gasteiger partial charge is 0.298 e. The Bertz CT molecular complexity index is 1120. The maximum absolute atomic E-state index is 13.1. The lowest BCUT2D eigenvalue weighted by atomic mass is 10.1. The van der Waals surface area contributed by atoms with Crippen LogP contribution in [0.2, 0.25) is 0 Å². The molecule has 5 rings (SSSR count). The quantitative estimate of drug-likeness (QED) is 0.557. The fraction of sp³-hybridized carbons (Fsp3) is 0.263. The number of thiazole rings is 1. The van der Waals surface area contributed by atoms with Crippen molar-refractivity contribution >= 4 is 44.7 Å². The van der Waals surface area contributed by atoms with Crippen LogP contribution < -0.4 is 5.32 Å². The summed E-state index contributed by atoms with van der Waals surface area (Å²) >= 11 is 3.19. The van der Waals surface area contributed by atoms with E-state index in [0.29, 0.717) is 17.2 Å². The van der Waals surface area contributed by atoms with Gasteiger partial charge in [-0.3, -0.25) is 10.1 Å². The average Bonchev–Trinajstić information content (AvgIpc) is 3.43. The van der Waals surface area contributed by atoms with Crippen molar-refractivity contribution in [3.8, 4) is 10.6 Å². The molecule has 0 fully saturated rings. The molecule has 4 aromatic heterocycles. The summed E-state index contributed by atoms with van der Waals surface area (Å²) in [5, 5.41) is 10.8. The molecule has 0 radical (unpaired) electrons. The van der Waals surface area contributed by atoms with E-state index in [1.54, 1.807) is 28.9 Å². The van der Waals surface area contributed by atoms with Gasteiger partial charge in [-0.25, -0.2) is 14.6 Å². The number of aryl methyl sites for hydroxylation is 3. The zero-order chi connectivity index (χ0) is 18.4. The van der Waals surface area contributed by atoms with Crippen molar-refractivity contribution in [3.05, 3.63) is 45.9 Å².